The summed E-state index contributed by atoms with van der Waals surface area (Å²) in [6, 6.07) is 14.5. The van der Waals surface area contributed by atoms with Gasteiger partial charge in [-0.25, -0.2) is 4.98 Å². The minimum absolute atomic E-state index is 0.451. The van der Waals surface area contributed by atoms with Gasteiger partial charge in [0.15, 0.2) is 5.82 Å². The predicted molar refractivity (Wildman–Crippen MR) is 143 cm³/mol. The van der Waals surface area contributed by atoms with Gasteiger partial charge in [0, 0.05) is 35.8 Å². The third-order valence-corrected chi connectivity index (χ3v) is 7.01. The van der Waals surface area contributed by atoms with Crippen molar-refractivity contribution in [1.29, 1.82) is 0 Å². The molecule has 5 aromatic rings. The van der Waals surface area contributed by atoms with Crippen LogP contribution >= 0.6 is 0 Å². The van der Waals surface area contributed by atoms with Crippen LogP contribution in [-0.2, 0) is 13.2 Å². The number of nitrogen functional groups attached to an aromatic ring is 1. The molecule has 1 saturated carbocycles. The van der Waals surface area contributed by atoms with Crippen molar-refractivity contribution in [1.82, 2.24) is 20.2 Å². The number of ether oxygens (including phenoxy) is 1. The van der Waals surface area contributed by atoms with Crippen molar-refractivity contribution in [2.24, 2.45) is 0 Å². The number of rotatable bonds is 7. The summed E-state index contributed by atoms with van der Waals surface area (Å²) in [7, 11) is 0. The summed E-state index contributed by atoms with van der Waals surface area (Å²) in [5.41, 5.74) is 13.1. The molecule has 3 aromatic heterocycles. The molecule has 2 aromatic carbocycles. The number of aromatic nitrogens is 4. The number of hydrogen-bond donors (Lipinski definition) is 2. The average molecular weight is 477 g/mol. The fourth-order valence-corrected chi connectivity index (χ4v) is 4.79. The standard InChI is InChI=1S/C29H28N6O/c1-17-9-25-24(7-8-31-29(25)30)18(2)26(17)15-33-28-12-23(14-34-35-28)36-16-19-3-6-27-21(10-19)11-22(13-32-27)20-4-5-20/h3,6-14,20H,4-5,15-16H2,1-2H3,(H2,30,31)(H,33,35). The SMILES string of the molecule is Cc1cc2c(N)nccc2c(C)c1CNc1cc(OCc2ccc3ncc(C4CC4)cc3c2)cnn1. The molecule has 180 valence electrons. The molecule has 1 aliphatic carbocycles. The Morgan fingerprint density at radius 3 is 2.75 bits per heavy atom. The van der Waals surface area contributed by atoms with E-state index < -0.39 is 0 Å². The molecular formula is C29H28N6O. The van der Waals surface area contributed by atoms with Crippen molar-refractivity contribution in [2.75, 3.05) is 11.1 Å². The zero-order valence-electron chi connectivity index (χ0n) is 20.5. The largest absolute Gasteiger partial charge is 0.487 e. The molecule has 0 saturated heterocycles. The van der Waals surface area contributed by atoms with Crippen molar-refractivity contribution in [3.8, 4) is 5.75 Å². The first-order valence-corrected chi connectivity index (χ1v) is 12.3. The van der Waals surface area contributed by atoms with E-state index in [4.69, 9.17) is 10.5 Å². The second-order valence-electron chi connectivity index (χ2n) is 9.58. The normalized spacial score (nSPS) is 13.3. The van der Waals surface area contributed by atoms with Crippen LogP contribution in [0.3, 0.4) is 0 Å². The van der Waals surface area contributed by atoms with Crippen molar-refractivity contribution in [3.05, 3.63) is 88.9 Å². The van der Waals surface area contributed by atoms with E-state index in [0.717, 1.165) is 32.8 Å². The maximum absolute atomic E-state index is 6.08. The van der Waals surface area contributed by atoms with E-state index in [-0.39, 0.29) is 0 Å². The van der Waals surface area contributed by atoms with Crippen LogP contribution in [-0.4, -0.2) is 20.2 Å². The summed E-state index contributed by atoms with van der Waals surface area (Å²) < 4.78 is 6.06. The third-order valence-electron chi connectivity index (χ3n) is 7.01. The maximum atomic E-state index is 6.08. The molecule has 0 amide bonds. The van der Waals surface area contributed by atoms with E-state index in [0.29, 0.717) is 36.5 Å². The van der Waals surface area contributed by atoms with E-state index in [1.54, 1.807) is 12.4 Å². The quantitative estimate of drug-likeness (QED) is 0.304. The fourth-order valence-electron chi connectivity index (χ4n) is 4.79. The molecule has 0 spiro atoms. The molecule has 0 unspecified atom stereocenters. The van der Waals surface area contributed by atoms with Crippen molar-refractivity contribution < 1.29 is 4.74 Å². The highest BCUT2D eigenvalue weighted by Gasteiger charge is 2.23. The molecule has 0 bridgehead atoms. The monoisotopic (exact) mass is 476 g/mol. The van der Waals surface area contributed by atoms with E-state index >= 15 is 0 Å². The molecule has 6 rings (SSSR count). The smallest absolute Gasteiger partial charge is 0.152 e. The fraction of sp³-hybridized carbons (Fsp3) is 0.241. The number of nitrogens with two attached hydrogens (primary N) is 1. The van der Waals surface area contributed by atoms with Gasteiger partial charge in [-0.15, -0.1) is 5.10 Å². The first-order chi connectivity index (χ1) is 17.5. The number of pyridine rings is 2. The van der Waals surface area contributed by atoms with E-state index in [1.807, 2.05) is 18.3 Å². The lowest BCUT2D eigenvalue weighted by Crippen LogP contribution is -2.07. The van der Waals surface area contributed by atoms with Gasteiger partial charge in [0.05, 0.1) is 11.7 Å². The summed E-state index contributed by atoms with van der Waals surface area (Å²) in [5.74, 6) is 2.58. The van der Waals surface area contributed by atoms with Gasteiger partial charge in [-0.05, 0) is 96.1 Å². The number of hydrogen-bond acceptors (Lipinski definition) is 7. The number of aryl methyl sites for hydroxylation is 2. The number of nitrogens with zero attached hydrogens (tertiary/aromatic N) is 4. The molecule has 36 heavy (non-hydrogen) atoms. The highest BCUT2D eigenvalue weighted by atomic mass is 16.5. The number of nitrogens with one attached hydrogen (secondary N) is 1. The Bertz CT molecular complexity index is 1590. The lowest BCUT2D eigenvalue weighted by atomic mass is 9.96. The van der Waals surface area contributed by atoms with Crippen molar-refractivity contribution in [3.63, 3.8) is 0 Å². The Hall–Kier alpha value is -4.26. The second kappa shape index (κ2) is 9.07. The summed E-state index contributed by atoms with van der Waals surface area (Å²) in [5, 5.41) is 15.0. The van der Waals surface area contributed by atoms with Crippen LogP contribution in [0.4, 0.5) is 11.6 Å². The maximum Gasteiger partial charge on any atom is 0.152 e. The van der Waals surface area contributed by atoms with Gasteiger partial charge in [0.25, 0.3) is 0 Å². The molecular weight excluding hydrogens is 448 g/mol. The van der Waals surface area contributed by atoms with Crippen molar-refractivity contribution >= 4 is 33.3 Å². The Balaban J connectivity index is 1.15. The molecule has 7 nitrogen and oxygen atoms in total. The van der Waals surface area contributed by atoms with Gasteiger partial charge in [0.1, 0.15) is 18.2 Å². The lowest BCUT2D eigenvalue weighted by Gasteiger charge is -2.15. The number of benzene rings is 2. The average Bonchev–Trinajstić information content (AvgIpc) is 3.74. The predicted octanol–water partition coefficient (Wildman–Crippen LogP) is 5.84. The molecule has 0 atom stereocenters. The van der Waals surface area contributed by atoms with Gasteiger partial charge >= 0.3 is 0 Å². The van der Waals surface area contributed by atoms with Gasteiger partial charge in [-0.1, -0.05) is 6.07 Å². The Kier molecular flexibility index (Phi) is 5.60. The first-order valence-electron chi connectivity index (χ1n) is 12.3. The van der Waals surface area contributed by atoms with E-state index in [2.05, 4.69) is 69.7 Å². The van der Waals surface area contributed by atoms with Gasteiger partial charge in [-0.3, -0.25) is 4.98 Å². The lowest BCUT2D eigenvalue weighted by molar-refractivity contribution is 0.304. The third kappa shape index (κ3) is 4.40. The number of fused-ring (bicyclic) bond motifs is 2. The number of anilines is 2. The van der Waals surface area contributed by atoms with Gasteiger partial charge < -0.3 is 15.8 Å². The molecule has 1 aliphatic rings. The zero-order chi connectivity index (χ0) is 24.6. The van der Waals surface area contributed by atoms with Crippen LogP contribution in [0.25, 0.3) is 21.7 Å². The minimum atomic E-state index is 0.451. The van der Waals surface area contributed by atoms with Crippen LogP contribution in [0, 0.1) is 13.8 Å². The van der Waals surface area contributed by atoms with Crippen molar-refractivity contribution in [2.45, 2.75) is 45.8 Å². The van der Waals surface area contributed by atoms with E-state index in [9.17, 15) is 0 Å². The van der Waals surface area contributed by atoms with Crippen LogP contribution in [0.1, 0.15) is 46.6 Å². The van der Waals surface area contributed by atoms with Crippen LogP contribution in [0.15, 0.2) is 61.1 Å². The van der Waals surface area contributed by atoms with Crippen LogP contribution in [0.2, 0.25) is 0 Å². The molecule has 0 aliphatic heterocycles. The summed E-state index contributed by atoms with van der Waals surface area (Å²) in [4.78, 5) is 8.83. The molecule has 3 N–H and O–H groups in total. The van der Waals surface area contributed by atoms with E-state index in [1.165, 1.54) is 29.5 Å². The minimum Gasteiger partial charge on any atom is -0.487 e. The topological polar surface area (TPSA) is 98.8 Å². The van der Waals surface area contributed by atoms with Gasteiger partial charge in [-0.2, -0.15) is 5.10 Å². The summed E-state index contributed by atoms with van der Waals surface area (Å²) in [6.45, 7) is 5.28. The molecule has 3 heterocycles. The summed E-state index contributed by atoms with van der Waals surface area (Å²) >= 11 is 0. The summed E-state index contributed by atoms with van der Waals surface area (Å²) in [6.07, 6.45) is 7.95. The zero-order valence-corrected chi connectivity index (χ0v) is 20.5. The molecule has 0 radical (unpaired) electrons. The first kappa shape index (κ1) is 22.2. The molecule has 1 fully saturated rings. The van der Waals surface area contributed by atoms with Crippen LogP contribution < -0.4 is 15.8 Å². The highest BCUT2D eigenvalue weighted by molar-refractivity contribution is 5.94. The highest BCUT2D eigenvalue weighted by Crippen LogP contribution is 2.40. The van der Waals surface area contributed by atoms with Gasteiger partial charge in [0.2, 0.25) is 0 Å². The van der Waals surface area contributed by atoms with Crippen LogP contribution in [0.5, 0.6) is 5.75 Å². The Morgan fingerprint density at radius 2 is 1.89 bits per heavy atom. The molecule has 7 heteroatoms. The Labute approximate surface area is 209 Å². The second-order valence-corrected chi connectivity index (χ2v) is 9.58. The Morgan fingerprint density at radius 1 is 1.00 bits per heavy atom.